The lowest BCUT2D eigenvalue weighted by atomic mass is 9.87. The second kappa shape index (κ2) is 7.25. The predicted octanol–water partition coefficient (Wildman–Crippen LogP) is 3.00. The molecule has 1 aliphatic heterocycles. The summed E-state index contributed by atoms with van der Waals surface area (Å²) in [6.07, 6.45) is 3.26. The number of aromatic nitrogens is 3. The fourth-order valence-corrected chi connectivity index (χ4v) is 4.91. The Morgan fingerprint density at radius 3 is 2.52 bits per heavy atom. The lowest BCUT2D eigenvalue weighted by molar-refractivity contribution is -0.0500. The monoisotopic (exact) mass is 480 g/mol. The van der Waals surface area contributed by atoms with E-state index in [1.807, 2.05) is 0 Å². The molecule has 1 saturated carbocycles. The molecule has 0 bridgehead atoms. The van der Waals surface area contributed by atoms with Crippen molar-refractivity contribution >= 4 is 44.9 Å². The number of halogens is 3. The molecule has 31 heavy (non-hydrogen) atoms. The quantitative estimate of drug-likeness (QED) is 0.305. The number of imide groups is 1. The van der Waals surface area contributed by atoms with E-state index in [4.69, 9.17) is 0 Å². The third-order valence-electron chi connectivity index (χ3n) is 5.32. The highest BCUT2D eigenvalue weighted by Crippen LogP contribution is 2.46. The van der Waals surface area contributed by atoms with Gasteiger partial charge in [-0.3, -0.25) is 4.79 Å². The second-order valence-corrected chi connectivity index (χ2v) is 9.31. The summed E-state index contributed by atoms with van der Waals surface area (Å²) in [6, 6.07) is -1.39. The summed E-state index contributed by atoms with van der Waals surface area (Å²) < 4.78 is 68.2. The van der Waals surface area contributed by atoms with Crippen molar-refractivity contribution in [1.82, 2.24) is 19.4 Å². The van der Waals surface area contributed by atoms with E-state index in [2.05, 4.69) is 14.2 Å². The molecular weight excluding hydrogens is 465 g/mol. The Bertz CT molecular complexity index is 1200. The van der Waals surface area contributed by atoms with E-state index in [1.54, 1.807) is 6.26 Å². The summed E-state index contributed by atoms with van der Waals surface area (Å²) in [5.41, 5.74) is -6.36. The van der Waals surface area contributed by atoms with Crippen LogP contribution in [0.15, 0.2) is 11.4 Å². The largest absolute Gasteiger partial charge is 0.534 e. The zero-order valence-corrected chi connectivity index (χ0v) is 17.4. The maximum Gasteiger partial charge on any atom is 0.534 e. The maximum atomic E-state index is 13.1. The molecule has 168 valence electrons. The summed E-state index contributed by atoms with van der Waals surface area (Å²) in [5, 5.41) is 9.61. The minimum atomic E-state index is -6.14. The van der Waals surface area contributed by atoms with E-state index in [0.717, 1.165) is 18.0 Å². The van der Waals surface area contributed by atoms with Gasteiger partial charge in [-0.05, 0) is 19.1 Å². The number of carbonyl (C=O) groups is 2. The third kappa shape index (κ3) is 3.30. The molecule has 0 unspecified atom stereocenters. The highest BCUT2D eigenvalue weighted by Gasteiger charge is 2.52. The van der Waals surface area contributed by atoms with E-state index >= 15 is 0 Å². The zero-order valence-electron chi connectivity index (χ0n) is 15.8. The first-order valence-corrected chi connectivity index (χ1v) is 11.6. The van der Waals surface area contributed by atoms with Crippen molar-refractivity contribution in [2.75, 3.05) is 6.26 Å². The molecule has 0 radical (unpaired) electrons. The SMILES string of the molecule is CSc1ncc2c(OS(=O)(=O)C(F)(F)F)c3n(c2n1)[C@@H]1CCCC[C@H]1N(C(=O)O)C3=O. The fourth-order valence-electron chi connectivity index (χ4n) is 4.09. The molecule has 2 aliphatic rings. The molecule has 2 aromatic heterocycles. The van der Waals surface area contributed by atoms with Crippen LogP contribution in [-0.2, 0) is 10.1 Å². The zero-order chi connectivity index (χ0) is 22.7. The lowest BCUT2D eigenvalue weighted by Crippen LogP contribution is -2.54. The van der Waals surface area contributed by atoms with Crippen LogP contribution in [0.5, 0.6) is 5.75 Å². The molecule has 0 saturated heterocycles. The fraction of sp³-hybridized carbons (Fsp3) is 0.500. The number of carbonyl (C=O) groups excluding carboxylic acids is 1. The van der Waals surface area contributed by atoms with Gasteiger partial charge in [-0.15, -0.1) is 0 Å². The topological polar surface area (TPSA) is 132 Å². The molecule has 3 heterocycles. The molecule has 1 fully saturated rings. The van der Waals surface area contributed by atoms with Crippen molar-refractivity contribution in [2.24, 2.45) is 0 Å². The number of nitrogens with zero attached hydrogens (tertiary/aromatic N) is 4. The van der Waals surface area contributed by atoms with Gasteiger partial charge in [0.15, 0.2) is 16.6 Å². The van der Waals surface area contributed by atoms with Gasteiger partial charge >= 0.3 is 21.7 Å². The summed E-state index contributed by atoms with van der Waals surface area (Å²) in [7, 11) is -6.14. The Hall–Kier alpha value is -2.55. The van der Waals surface area contributed by atoms with Crippen LogP contribution in [0, 0.1) is 0 Å². The minimum Gasteiger partial charge on any atom is -0.465 e. The van der Waals surface area contributed by atoms with Crippen LogP contribution in [0.1, 0.15) is 42.2 Å². The highest BCUT2D eigenvalue weighted by atomic mass is 32.2. The van der Waals surface area contributed by atoms with Gasteiger partial charge in [0, 0.05) is 6.20 Å². The van der Waals surface area contributed by atoms with Gasteiger partial charge in [0.05, 0.1) is 17.5 Å². The predicted molar refractivity (Wildman–Crippen MR) is 100 cm³/mol. The van der Waals surface area contributed by atoms with E-state index < -0.39 is 51.2 Å². The molecule has 15 heteroatoms. The number of fused-ring (bicyclic) bond motifs is 5. The highest BCUT2D eigenvalue weighted by molar-refractivity contribution is 7.98. The second-order valence-electron chi connectivity index (χ2n) is 7.00. The van der Waals surface area contributed by atoms with Crippen molar-refractivity contribution < 1.29 is 40.5 Å². The summed E-state index contributed by atoms with van der Waals surface area (Å²) in [5.74, 6) is -2.10. The number of alkyl halides is 3. The first kappa shape index (κ1) is 21.7. The van der Waals surface area contributed by atoms with E-state index in [9.17, 15) is 36.3 Å². The van der Waals surface area contributed by atoms with Crippen LogP contribution >= 0.6 is 11.8 Å². The molecule has 10 nitrogen and oxygen atoms in total. The van der Waals surface area contributed by atoms with Crippen LogP contribution in [0.3, 0.4) is 0 Å². The average molecular weight is 480 g/mol. The molecule has 0 spiro atoms. The number of carboxylic acid groups (broad SMARTS) is 1. The smallest absolute Gasteiger partial charge is 0.465 e. The summed E-state index contributed by atoms with van der Waals surface area (Å²) in [4.78, 5) is 33.7. The summed E-state index contributed by atoms with van der Waals surface area (Å²) in [6.45, 7) is 0. The number of hydrogen-bond acceptors (Lipinski definition) is 8. The maximum absolute atomic E-state index is 13.1. The molecule has 2 amide bonds. The van der Waals surface area contributed by atoms with E-state index in [-0.39, 0.29) is 16.2 Å². The van der Waals surface area contributed by atoms with Crippen molar-refractivity contribution in [3.8, 4) is 5.75 Å². The minimum absolute atomic E-state index is 0.0111. The normalized spacial score (nSPS) is 21.7. The van der Waals surface area contributed by atoms with Gasteiger partial charge in [0.2, 0.25) is 0 Å². The van der Waals surface area contributed by atoms with Crippen molar-refractivity contribution in [3.05, 3.63) is 11.9 Å². The average Bonchev–Trinajstić information content (AvgIpc) is 3.00. The van der Waals surface area contributed by atoms with Gasteiger partial charge in [-0.2, -0.15) is 21.6 Å². The first-order valence-electron chi connectivity index (χ1n) is 9.00. The van der Waals surface area contributed by atoms with Gasteiger partial charge < -0.3 is 13.9 Å². The molecule has 2 aromatic rings. The van der Waals surface area contributed by atoms with Crippen LogP contribution < -0.4 is 4.18 Å². The number of rotatable bonds is 3. The summed E-state index contributed by atoms with van der Waals surface area (Å²) >= 11 is 1.13. The van der Waals surface area contributed by atoms with Gasteiger partial charge in [-0.1, -0.05) is 24.6 Å². The van der Waals surface area contributed by atoms with Gasteiger partial charge in [0.25, 0.3) is 5.91 Å². The third-order valence-corrected chi connectivity index (χ3v) is 6.83. The number of amides is 2. The standard InChI is InChI=1S/C16H15F3N4O6S2/c1-30-14-20-6-7-11(29-31(27,28)16(17,18)19)10-13(24)23(15(25)26)9-5-3-2-4-8(9)22(10)12(7)21-14/h6,8-9H,2-5H2,1H3,(H,25,26)/t8-,9-/m1/s1. The van der Waals surface area contributed by atoms with Crippen molar-refractivity contribution in [1.29, 1.82) is 0 Å². The number of thioether (sulfide) groups is 1. The Kier molecular flexibility index (Phi) is 5.07. The van der Waals surface area contributed by atoms with Crippen LogP contribution in [0.2, 0.25) is 0 Å². The Balaban J connectivity index is 2.04. The Morgan fingerprint density at radius 2 is 1.94 bits per heavy atom. The van der Waals surface area contributed by atoms with Crippen molar-refractivity contribution in [3.63, 3.8) is 0 Å². The number of hydrogen-bond donors (Lipinski definition) is 1. The van der Waals surface area contributed by atoms with E-state index in [0.29, 0.717) is 30.6 Å². The molecule has 4 rings (SSSR count). The van der Waals surface area contributed by atoms with E-state index in [1.165, 1.54) is 4.57 Å². The first-order chi connectivity index (χ1) is 14.5. The lowest BCUT2D eigenvalue weighted by Gasteiger charge is -2.42. The molecule has 0 aromatic carbocycles. The molecule has 2 atom stereocenters. The molecular formula is C16H15F3N4O6S2. The van der Waals surface area contributed by atoms with Crippen LogP contribution in [-0.4, -0.2) is 62.8 Å². The van der Waals surface area contributed by atoms with Gasteiger partial charge in [0.1, 0.15) is 5.65 Å². The van der Waals surface area contributed by atoms with Gasteiger partial charge in [-0.25, -0.2) is 19.7 Å². The van der Waals surface area contributed by atoms with Crippen LogP contribution in [0.25, 0.3) is 11.0 Å². The van der Waals surface area contributed by atoms with Crippen molar-refractivity contribution in [2.45, 2.75) is 48.4 Å². The molecule has 1 aliphatic carbocycles. The Labute approximate surface area is 177 Å². The Morgan fingerprint density at radius 1 is 1.29 bits per heavy atom. The molecule has 1 N–H and O–H groups in total. The van der Waals surface area contributed by atoms with Crippen LogP contribution in [0.4, 0.5) is 18.0 Å².